The lowest BCUT2D eigenvalue weighted by atomic mass is 9.78. The van der Waals surface area contributed by atoms with Gasteiger partial charge < -0.3 is 94.7 Å². The molecule has 0 aliphatic rings. The van der Waals surface area contributed by atoms with Gasteiger partial charge in [0.2, 0.25) is 59.1 Å². The van der Waals surface area contributed by atoms with Gasteiger partial charge in [-0.2, -0.15) is 0 Å². The van der Waals surface area contributed by atoms with Crippen molar-refractivity contribution in [3.8, 4) is 0 Å². The number of rotatable bonds is 47. The summed E-state index contributed by atoms with van der Waals surface area (Å²) in [6, 6.07) is -12.6. The molecule has 0 fully saturated rings. The molecule has 0 saturated heterocycles. The Bertz CT molecular complexity index is 3630. The molecule has 14 amide bonds. The van der Waals surface area contributed by atoms with Crippen molar-refractivity contribution in [1.29, 1.82) is 0 Å². The van der Waals surface area contributed by atoms with Crippen molar-refractivity contribution in [3.63, 3.8) is 0 Å². The molecule has 0 aliphatic carbocycles. The summed E-state index contributed by atoms with van der Waals surface area (Å²) in [5, 5.41) is 70.8. The second-order valence-corrected chi connectivity index (χ2v) is 34.7. The minimum Gasteiger partial charge on any atom is -0.388 e. The molecule has 0 saturated carbocycles. The molecular formula is C83H145N15O18. The maximum absolute atomic E-state index is 14.6. The normalized spacial score (nSPS) is 16.0. The number of carbonyl (C=O) groups is 15. The van der Waals surface area contributed by atoms with Gasteiger partial charge >= 0.3 is 0 Å². The number of Topliss-reactive ketones (excluding diaryl/α,β-unsaturated/α-hetero) is 1. The third-order valence-electron chi connectivity index (χ3n) is 20.5. The Hall–Kier alpha value is -8.95. The third kappa shape index (κ3) is 33.2. The van der Waals surface area contributed by atoms with Crippen molar-refractivity contribution in [1.82, 2.24) is 79.3 Å². The fourth-order valence-electron chi connectivity index (χ4n) is 11.9. The van der Waals surface area contributed by atoms with E-state index in [1.165, 1.54) is 69.2 Å². The summed E-state index contributed by atoms with van der Waals surface area (Å²) >= 11 is 0. The number of nitrogens with zero attached hydrogens (tertiary/aromatic N) is 1. The zero-order chi connectivity index (χ0) is 90.7. The van der Waals surface area contributed by atoms with Crippen molar-refractivity contribution in [2.24, 2.45) is 46.8 Å². The summed E-state index contributed by atoms with van der Waals surface area (Å²) in [7, 11) is 3.75. The Kier molecular flexibility index (Phi) is 43.8. The Morgan fingerprint density at radius 2 is 0.767 bits per heavy atom. The number of nitrogens with one attached hydrogen (secondary N) is 14. The second-order valence-electron chi connectivity index (χ2n) is 34.7. The fraction of sp³-hybridized carbons (Fsp3) is 0.723. The zero-order valence-corrected chi connectivity index (χ0v) is 75.3. The van der Waals surface area contributed by atoms with Gasteiger partial charge in [-0.25, -0.2) is 0 Å². The number of ketones is 1. The highest BCUT2D eigenvalue weighted by Crippen LogP contribution is 2.28. The molecule has 0 radical (unpaired) electrons. The first-order valence-electron chi connectivity index (χ1n) is 40.5. The molecular weight excluding hydrogens is 1490 g/mol. The zero-order valence-electron chi connectivity index (χ0n) is 75.3. The Morgan fingerprint density at radius 3 is 1.18 bits per heavy atom. The SMILES string of the molecule is CC/C(C)=C(\NC(=O)[C@@H](NC(=O)C(C)(C)C(=O)[C@@H](C)CC(C)C)[C@](C)(O)CC)C(=O)NCC(=O)N/C(C(=O)N[C@@H](C(=O)N[C@@H](C(=O)N[C@H](C(=O)N[C@@H](C(=O)N/C(C(=O)N[C@H](C)C(=O)N[C@H](C(=O)N[C@@H](C(=O)NC(C(=O)N[C@H](CN(C)C)C(C)C)=C(C)C)C(C)C)C(C)C)=C(/C)CC)C(C)(C)O)C(C)(C)O)[C@@H](C)CC)C(C)C)=C(\C)CC. The minimum atomic E-state index is -2.15. The lowest BCUT2D eigenvalue weighted by molar-refractivity contribution is -0.147. The van der Waals surface area contributed by atoms with Crippen LogP contribution in [0, 0.1) is 46.8 Å². The molecule has 0 bridgehead atoms. The highest BCUT2D eigenvalue weighted by molar-refractivity contribution is 6.09. The molecule has 17 N–H and O–H groups in total. The topological polar surface area (TPSA) is 488 Å². The predicted octanol–water partition coefficient (Wildman–Crippen LogP) is 3.51. The van der Waals surface area contributed by atoms with E-state index in [9.17, 15) is 87.2 Å². The lowest BCUT2D eigenvalue weighted by Crippen LogP contribution is -2.66. The number of hydrogen-bond donors (Lipinski definition) is 17. The largest absolute Gasteiger partial charge is 0.388 e. The van der Waals surface area contributed by atoms with Crippen LogP contribution in [0.25, 0.3) is 0 Å². The Morgan fingerprint density at radius 1 is 0.388 bits per heavy atom. The molecule has 0 spiro atoms. The molecule has 33 nitrogen and oxygen atoms in total. The van der Waals surface area contributed by atoms with E-state index < -0.39 is 189 Å². The number of likely N-dealkylation sites (N-methyl/N-ethyl adjacent to an activating group) is 1. The molecule has 0 aromatic heterocycles. The van der Waals surface area contributed by atoms with Gasteiger partial charge in [0.1, 0.15) is 76.5 Å². The molecule has 12 atom stereocenters. The fourth-order valence-corrected chi connectivity index (χ4v) is 11.9. The van der Waals surface area contributed by atoms with E-state index >= 15 is 0 Å². The summed E-state index contributed by atoms with van der Waals surface area (Å²) in [6.07, 6.45) is 1.26. The smallest absolute Gasteiger partial charge is 0.268 e. The first-order chi connectivity index (χ1) is 53.1. The van der Waals surface area contributed by atoms with Crippen molar-refractivity contribution in [3.05, 3.63) is 45.1 Å². The van der Waals surface area contributed by atoms with Crippen LogP contribution >= 0.6 is 0 Å². The molecule has 0 unspecified atom stereocenters. The van der Waals surface area contributed by atoms with Crippen LogP contribution < -0.4 is 74.4 Å². The monoisotopic (exact) mass is 1640 g/mol. The third-order valence-corrected chi connectivity index (χ3v) is 20.5. The van der Waals surface area contributed by atoms with Crippen LogP contribution in [-0.2, 0) is 71.9 Å². The van der Waals surface area contributed by atoms with Gasteiger partial charge in [0.15, 0.2) is 5.78 Å². The van der Waals surface area contributed by atoms with Gasteiger partial charge in [-0.05, 0) is 194 Å². The summed E-state index contributed by atoms with van der Waals surface area (Å²) in [4.78, 5) is 213. The van der Waals surface area contributed by atoms with E-state index in [0.717, 1.165) is 0 Å². The van der Waals surface area contributed by atoms with Gasteiger partial charge in [0.25, 0.3) is 23.6 Å². The standard InChI is InChI=1S/C83H145N15O18/c1-33-47(18)59(93-78(112)65(83(30,116)37-5)97-79(113)80(24,25)66(100)51(22)38-41(6)7)68(102)84-39-54(99)87-60(48(19)34-2)74(108)91-58(46(16)17)72(106)92-62(50(21)36-4)75(109)95-64(82(28,29)115)77(111)96-63(81(26,27)114)76(110)94-61(49(20)35-3)73(107)85-52(23)67(101)88-56(44(12)13)70(104)90-57(45(14)15)71(105)89-55(43(10)11)69(103)86-53(42(8)9)40-98(31)32/h41-42,44-46,50-53,56-58,62-65,114-116H,33-40H2,1-32H3,(H,84,102)(H,85,107)(H,86,103)(H,87,99)(H,88,101)(H,89,105)(H,90,104)(H,91,108)(H,92,106)(H,93,112)(H,94,110)(H,95,109)(H,96,111)(H,97,113)/b59-47-,60-48+,61-49-/t50-,51-,52+,53+,56-,57+,58+,62+,63-,64+,65+,83+/m0/s1. The molecule has 0 heterocycles. The number of allylic oxidation sites excluding steroid dienone is 4. The van der Waals surface area contributed by atoms with Crippen molar-refractivity contribution in [2.75, 3.05) is 27.2 Å². The summed E-state index contributed by atoms with van der Waals surface area (Å²) in [5.74, 6) is -15.9. The van der Waals surface area contributed by atoms with Crippen LogP contribution in [-0.4, -0.2) is 207 Å². The molecule has 116 heavy (non-hydrogen) atoms. The number of carbonyl (C=O) groups excluding carboxylic acids is 15. The van der Waals surface area contributed by atoms with Gasteiger partial charge in [-0.15, -0.1) is 0 Å². The van der Waals surface area contributed by atoms with Crippen LogP contribution in [0.5, 0.6) is 0 Å². The van der Waals surface area contributed by atoms with Crippen LogP contribution in [0.1, 0.15) is 246 Å². The molecule has 0 aromatic carbocycles. The first-order valence-corrected chi connectivity index (χ1v) is 40.5. The summed E-state index contributed by atoms with van der Waals surface area (Å²) in [5.41, 5.74) is -7.34. The van der Waals surface area contributed by atoms with Crippen LogP contribution in [0.15, 0.2) is 45.1 Å². The van der Waals surface area contributed by atoms with Crippen LogP contribution in [0.2, 0.25) is 0 Å². The average molecular weight is 1640 g/mol. The van der Waals surface area contributed by atoms with Crippen molar-refractivity contribution >= 4 is 88.5 Å². The van der Waals surface area contributed by atoms with E-state index in [1.807, 2.05) is 46.7 Å². The van der Waals surface area contributed by atoms with Gasteiger partial charge in [-0.1, -0.05) is 124 Å². The van der Waals surface area contributed by atoms with Gasteiger partial charge in [0, 0.05) is 18.5 Å². The van der Waals surface area contributed by atoms with Crippen molar-refractivity contribution < 1.29 is 87.2 Å². The Labute approximate surface area is 688 Å². The lowest BCUT2D eigenvalue weighted by Gasteiger charge is -2.35. The van der Waals surface area contributed by atoms with E-state index in [1.54, 1.807) is 111 Å². The average Bonchev–Trinajstić information content (AvgIpc) is 0.811. The number of hydrogen-bond acceptors (Lipinski definition) is 19. The molecule has 0 rings (SSSR count). The van der Waals surface area contributed by atoms with E-state index in [2.05, 4.69) is 74.4 Å². The van der Waals surface area contributed by atoms with Gasteiger partial charge in [0.05, 0.1) is 23.3 Å². The quantitative estimate of drug-likeness (QED) is 0.0306. The van der Waals surface area contributed by atoms with E-state index in [4.69, 9.17) is 0 Å². The molecule has 33 heteroatoms. The maximum Gasteiger partial charge on any atom is 0.268 e. The summed E-state index contributed by atoms with van der Waals surface area (Å²) in [6.45, 7) is 47.2. The highest BCUT2D eigenvalue weighted by Gasteiger charge is 2.47. The van der Waals surface area contributed by atoms with Crippen molar-refractivity contribution in [2.45, 2.75) is 317 Å². The second kappa shape index (κ2) is 47.4. The molecule has 0 aliphatic heterocycles. The number of amides is 14. The van der Waals surface area contributed by atoms with E-state index in [0.29, 0.717) is 29.7 Å². The summed E-state index contributed by atoms with van der Waals surface area (Å²) < 4.78 is 0. The number of aliphatic hydroxyl groups is 3. The van der Waals surface area contributed by atoms with Crippen LogP contribution in [0.3, 0.4) is 0 Å². The highest BCUT2D eigenvalue weighted by atomic mass is 16.3. The van der Waals surface area contributed by atoms with Crippen LogP contribution in [0.4, 0.5) is 0 Å². The maximum atomic E-state index is 14.6. The molecule has 660 valence electrons. The predicted molar refractivity (Wildman–Crippen MR) is 444 cm³/mol. The van der Waals surface area contributed by atoms with Gasteiger partial charge in [-0.3, -0.25) is 71.9 Å². The first kappa shape index (κ1) is 107. The molecule has 0 aromatic rings. The Balaban J connectivity index is 6.87. The minimum absolute atomic E-state index is 0.0137. The van der Waals surface area contributed by atoms with E-state index in [-0.39, 0.29) is 84.1 Å².